The highest BCUT2D eigenvalue weighted by atomic mass is 19.1. The number of carbonyl (C=O) groups excluding carboxylic acids is 3. The van der Waals surface area contributed by atoms with Gasteiger partial charge in [-0.1, -0.05) is 6.07 Å². The molecule has 0 bridgehead atoms. The van der Waals surface area contributed by atoms with Crippen molar-refractivity contribution in [1.29, 1.82) is 0 Å². The van der Waals surface area contributed by atoms with Crippen molar-refractivity contribution in [2.24, 2.45) is 0 Å². The quantitative estimate of drug-likeness (QED) is 0.495. The van der Waals surface area contributed by atoms with Gasteiger partial charge in [0.1, 0.15) is 5.82 Å². The molecule has 4 N–H and O–H groups in total. The van der Waals surface area contributed by atoms with Gasteiger partial charge >= 0.3 is 6.03 Å². The van der Waals surface area contributed by atoms with Crippen LogP contribution in [0.4, 0.5) is 15.1 Å². The number of nitrogens with zero attached hydrogens (tertiary/aromatic N) is 3. The lowest BCUT2D eigenvalue weighted by Crippen LogP contribution is -2.47. The van der Waals surface area contributed by atoms with Crippen LogP contribution in [-0.2, 0) is 0 Å². The predicted octanol–water partition coefficient (Wildman–Crippen LogP) is 1.84. The Labute approximate surface area is 179 Å². The molecule has 11 heteroatoms. The van der Waals surface area contributed by atoms with Gasteiger partial charge in [-0.25, -0.2) is 24.6 Å². The van der Waals surface area contributed by atoms with Crippen LogP contribution in [0.2, 0.25) is 0 Å². The molecule has 0 fully saturated rings. The third-order valence-corrected chi connectivity index (χ3v) is 4.54. The average molecular weight is 431 g/mol. The summed E-state index contributed by atoms with van der Waals surface area (Å²) in [5.74, 6) is -1.14. The van der Waals surface area contributed by atoms with Crippen LogP contribution >= 0.6 is 0 Å². The van der Waals surface area contributed by atoms with Gasteiger partial charge < -0.3 is 15.5 Å². The first-order chi connectivity index (χ1) is 14.8. The van der Waals surface area contributed by atoms with Crippen LogP contribution in [0.15, 0.2) is 30.6 Å². The second-order valence-electron chi connectivity index (χ2n) is 6.53. The van der Waals surface area contributed by atoms with Crippen molar-refractivity contribution < 1.29 is 18.8 Å². The lowest BCUT2D eigenvalue weighted by molar-refractivity contribution is 0.0772. The summed E-state index contributed by atoms with van der Waals surface area (Å²) in [5, 5.41) is 5.24. The number of benzene rings is 1. The first-order valence-corrected chi connectivity index (χ1v) is 9.76. The van der Waals surface area contributed by atoms with E-state index in [1.807, 2.05) is 13.8 Å². The summed E-state index contributed by atoms with van der Waals surface area (Å²) in [7, 11) is 1.64. The summed E-state index contributed by atoms with van der Waals surface area (Å²) in [4.78, 5) is 45.8. The zero-order valence-electron chi connectivity index (χ0n) is 17.8. The third kappa shape index (κ3) is 6.11. The number of urea groups is 1. The molecule has 0 aliphatic carbocycles. The fourth-order valence-corrected chi connectivity index (χ4v) is 2.78. The molecule has 166 valence electrons. The Morgan fingerprint density at radius 3 is 2.26 bits per heavy atom. The molecule has 1 heterocycles. The summed E-state index contributed by atoms with van der Waals surface area (Å²) in [6, 6.07) is 2.68. The second kappa shape index (κ2) is 10.9. The van der Waals surface area contributed by atoms with Crippen molar-refractivity contribution in [3.63, 3.8) is 0 Å². The highest BCUT2D eigenvalue weighted by Gasteiger charge is 2.18. The van der Waals surface area contributed by atoms with Crippen LogP contribution in [0.5, 0.6) is 0 Å². The molecule has 0 radical (unpaired) electrons. The molecule has 0 aliphatic heterocycles. The van der Waals surface area contributed by atoms with Crippen LogP contribution in [0, 0.1) is 5.82 Å². The summed E-state index contributed by atoms with van der Waals surface area (Å²) in [6.45, 7) is 6.32. The smallest absolute Gasteiger partial charge is 0.333 e. The van der Waals surface area contributed by atoms with E-state index in [-0.39, 0.29) is 22.6 Å². The molecule has 0 saturated carbocycles. The molecule has 0 spiro atoms. The van der Waals surface area contributed by atoms with E-state index in [2.05, 4.69) is 31.5 Å². The van der Waals surface area contributed by atoms with Crippen LogP contribution in [0.1, 0.15) is 53.1 Å². The number of halogens is 1. The number of amides is 4. The van der Waals surface area contributed by atoms with E-state index in [0.29, 0.717) is 19.0 Å². The minimum Gasteiger partial charge on any atom is -0.357 e. The fraction of sp³-hybridized carbons (Fsp3) is 0.350. The predicted molar refractivity (Wildman–Crippen MR) is 113 cm³/mol. The van der Waals surface area contributed by atoms with Crippen LogP contribution in [0.25, 0.3) is 0 Å². The molecule has 2 rings (SSSR count). The van der Waals surface area contributed by atoms with Gasteiger partial charge in [-0.15, -0.1) is 0 Å². The zero-order chi connectivity index (χ0) is 23.0. The standard InChI is InChI=1S/C20H26FN7O3/c1-5-28(6-2)18(30)13-7-8-15(16(21)9-13)12(3)25-20(31)27-26-17(29)14-10-23-19(22-4)24-11-14/h7-12H,5-6H2,1-4H3,(H,26,29)(H,22,23,24)(H2,25,27,31)/t12-/m1/s1. The largest absolute Gasteiger partial charge is 0.357 e. The van der Waals surface area contributed by atoms with Gasteiger partial charge in [0.05, 0.1) is 11.6 Å². The van der Waals surface area contributed by atoms with E-state index in [1.54, 1.807) is 18.9 Å². The van der Waals surface area contributed by atoms with E-state index >= 15 is 0 Å². The Balaban J connectivity index is 1.94. The van der Waals surface area contributed by atoms with Gasteiger partial charge in [-0.05, 0) is 32.9 Å². The Morgan fingerprint density at radius 2 is 1.71 bits per heavy atom. The number of hydrogen-bond acceptors (Lipinski definition) is 6. The summed E-state index contributed by atoms with van der Waals surface area (Å²) < 4.78 is 14.5. The Kier molecular flexibility index (Phi) is 8.24. The number of nitrogens with one attached hydrogen (secondary N) is 4. The number of aromatic nitrogens is 2. The van der Waals surface area contributed by atoms with Crippen molar-refractivity contribution in [2.45, 2.75) is 26.8 Å². The normalized spacial score (nSPS) is 11.3. The maximum Gasteiger partial charge on any atom is 0.333 e. The molecule has 4 amide bonds. The molecule has 0 unspecified atom stereocenters. The Morgan fingerprint density at radius 1 is 1.06 bits per heavy atom. The van der Waals surface area contributed by atoms with Crippen molar-refractivity contribution in [1.82, 2.24) is 31.0 Å². The lowest BCUT2D eigenvalue weighted by Gasteiger charge is -2.20. The van der Waals surface area contributed by atoms with Gasteiger partial charge in [0.25, 0.3) is 11.8 Å². The number of hydrazine groups is 1. The first-order valence-electron chi connectivity index (χ1n) is 9.76. The van der Waals surface area contributed by atoms with E-state index < -0.39 is 23.8 Å². The third-order valence-electron chi connectivity index (χ3n) is 4.54. The molecule has 31 heavy (non-hydrogen) atoms. The molecule has 1 aromatic carbocycles. The second-order valence-corrected chi connectivity index (χ2v) is 6.53. The molecular weight excluding hydrogens is 405 g/mol. The first kappa shape index (κ1) is 23.5. The van der Waals surface area contributed by atoms with Crippen molar-refractivity contribution >= 4 is 23.8 Å². The minimum atomic E-state index is -0.740. The Bertz CT molecular complexity index is 933. The van der Waals surface area contributed by atoms with E-state index in [4.69, 9.17) is 0 Å². The highest BCUT2D eigenvalue weighted by molar-refractivity contribution is 5.95. The van der Waals surface area contributed by atoms with Crippen molar-refractivity contribution in [3.05, 3.63) is 53.1 Å². The number of hydrogen-bond donors (Lipinski definition) is 4. The average Bonchev–Trinajstić information content (AvgIpc) is 2.78. The van der Waals surface area contributed by atoms with E-state index in [1.165, 1.54) is 24.5 Å². The van der Waals surface area contributed by atoms with Gasteiger partial charge in [-0.3, -0.25) is 15.0 Å². The van der Waals surface area contributed by atoms with Gasteiger partial charge in [0.2, 0.25) is 5.95 Å². The molecular formula is C20H26FN7O3. The zero-order valence-corrected chi connectivity index (χ0v) is 17.8. The fourth-order valence-electron chi connectivity index (χ4n) is 2.78. The monoisotopic (exact) mass is 431 g/mol. The molecule has 2 aromatic rings. The Hall–Kier alpha value is -3.76. The summed E-state index contributed by atoms with van der Waals surface area (Å²) in [5.41, 5.74) is 4.98. The SMILES string of the molecule is CCN(CC)C(=O)c1ccc([C@@H](C)NC(=O)NNC(=O)c2cnc(NC)nc2)c(F)c1. The highest BCUT2D eigenvalue weighted by Crippen LogP contribution is 2.19. The van der Waals surface area contributed by atoms with Crippen molar-refractivity contribution in [3.8, 4) is 0 Å². The maximum absolute atomic E-state index is 14.5. The van der Waals surface area contributed by atoms with Crippen LogP contribution in [0.3, 0.4) is 0 Å². The molecule has 1 atom stereocenters. The molecule has 10 nitrogen and oxygen atoms in total. The summed E-state index contributed by atoms with van der Waals surface area (Å²) in [6.07, 6.45) is 2.60. The van der Waals surface area contributed by atoms with E-state index in [9.17, 15) is 18.8 Å². The summed E-state index contributed by atoms with van der Waals surface area (Å²) >= 11 is 0. The van der Waals surface area contributed by atoms with Crippen LogP contribution < -0.4 is 21.5 Å². The van der Waals surface area contributed by atoms with E-state index in [0.717, 1.165) is 6.07 Å². The number of anilines is 1. The molecule has 0 saturated heterocycles. The topological polar surface area (TPSA) is 128 Å². The van der Waals surface area contributed by atoms with Crippen molar-refractivity contribution in [2.75, 3.05) is 25.5 Å². The number of carbonyl (C=O) groups is 3. The van der Waals surface area contributed by atoms with Gasteiger partial charge in [0.15, 0.2) is 0 Å². The van der Waals surface area contributed by atoms with Gasteiger partial charge in [0, 0.05) is 43.7 Å². The minimum absolute atomic E-state index is 0.145. The molecule has 0 aliphatic rings. The van der Waals surface area contributed by atoms with Crippen LogP contribution in [-0.4, -0.2) is 52.9 Å². The maximum atomic E-state index is 14.5. The van der Waals surface area contributed by atoms with Gasteiger partial charge in [-0.2, -0.15) is 0 Å². The molecule has 1 aromatic heterocycles. The lowest BCUT2D eigenvalue weighted by atomic mass is 10.0. The number of rotatable bonds is 7.